The Labute approximate surface area is 74.3 Å². The summed E-state index contributed by atoms with van der Waals surface area (Å²) in [6, 6.07) is 0.802. The standard InChI is InChI=1S/C10H18N2/c1-12-3-2-9(7-12)11-10-4-8(5-10)6-10/h8-9,11H,2-7H2,1H3. The van der Waals surface area contributed by atoms with Gasteiger partial charge in [0.15, 0.2) is 0 Å². The normalized spacial score (nSPS) is 51.8. The Hall–Kier alpha value is -0.0800. The van der Waals surface area contributed by atoms with Gasteiger partial charge in [0.1, 0.15) is 0 Å². The van der Waals surface area contributed by atoms with Crippen molar-refractivity contribution in [1.29, 1.82) is 0 Å². The minimum absolute atomic E-state index is 0.639. The Morgan fingerprint density at radius 3 is 2.50 bits per heavy atom. The first-order valence-electron chi connectivity index (χ1n) is 5.22. The molecule has 1 saturated heterocycles. The van der Waals surface area contributed by atoms with Crippen LogP contribution in [0.5, 0.6) is 0 Å². The summed E-state index contributed by atoms with van der Waals surface area (Å²) in [5.74, 6) is 1.11. The number of nitrogens with one attached hydrogen (secondary N) is 1. The van der Waals surface area contributed by atoms with E-state index in [9.17, 15) is 0 Å². The smallest absolute Gasteiger partial charge is 0.0212 e. The van der Waals surface area contributed by atoms with Gasteiger partial charge in [-0.05, 0) is 45.2 Å². The first-order valence-corrected chi connectivity index (χ1v) is 5.22. The van der Waals surface area contributed by atoms with E-state index in [-0.39, 0.29) is 0 Å². The van der Waals surface area contributed by atoms with Crippen molar-refractivity contribution in [3.8, 4) is 0 Å². The lowest BCUT2D eigenvalue weighted by Crippen LogP contribution is -2.69. The van der Waals surface area contributed by atoms with Gasteiger partial charge >= 0.3 is 0 Å². The van der Waals surface area contributed by atoms with E-state index in [0.717, 1.165) is 12.0 Å². The first kappa shape index (κ1) is 7.34. The van der Waals surface area contributed by atoms with E-state index >= 15 is 0 Å². The van der Waals surface area contributed by atoms with E-state index in [4.69, 9.17) is 0 Å². The fourth-order valence-corrected chi connectivity index (χ4v) is 3.14. The maximum Gasteiger partial charge on any atom is 0.0212 e. The predicted octanol–water partition coefficient (Wildman–Crippen LogP) is 0.833. The Bertz CT molecular complexity index is 185. The number of nitrogens with zero attached hydrogens (tertiary/aromatic N) is 1. The molecule has 2 heteroatoms. The molecule has 4 rings (SSSR count). The summed E-state index contributed by atoms with van der Waals surface area (Å²) in [7, 11) is 2.23. The molecule has 12 heavy (non-hydrogen) atoms. The zero-order chi connectivity index (χ0) is 8.18. The van der Waals surface area contributed by atoms with Gasteiger partial charge in [-0.25, -0.2) is 0 Å². The molecule has 2 nitrogen and oxygen atoms in total. The molecule has 3 saturated carbocycles. The molecule has 0 spiro atoms. The molecule has 2 bridgehead atoms. The molecule has 4 aliphatic rings. The molecule has 3 aliphatic carbocycles. The van der Waals surface area contributed by atoms with Crippen LogP contribution < -0.4 is 5.32 Å². The largest absolute Gasteiger partial charge is 0.307 e. The molecule has 0 aromatic heterocycles. The summed E-state index contributed by atoms with van der Waals surface area (Å²) in [4.78, 5) is 2.43. The number of hydrogen-bond acceptors (Lipinski definition) is 2. The zero-order valence-corrected chi connectivity index (χ0v) is 7.84. The summed E-state index contributed by atoms with van der Waals surface area (Å²) >= 11 is 0. The molecular weight excluding hydrogens is 148 g/mol. The molecule has 1 aliphatic heterocycles. The Morgan fingerprint density at radius 1 is 1.33 bits per heavy atom. The summed E-state index contributed by atoms with van der Waals surface area (Å²) < 4.78 is 0. The second-order valence-electron chi connectivity index (χ2n) is 5.15. The van der Waals surface area contributed by atoms with Gasteiger partial charge in [-0.3, -0.25) is 0 Å². The van der Waals surface area contributed by atoms with Crippen LogP contribution in [0.25, 0.3) is 0 Å². The highest BCUT2D eigenvalue weighted by molar-refractivity contribution is 5.15. The Kier molecular flexibility index (Phi) is 1.37. The van der Waals surface area contributed by atoms with Crippen LogP contribution >= 0.6 is 0 Å². The van der Waals surface area contributed by atoms with Gasteiger partial charge in [-0.2, -0.15) is 0 Å². The molecule has 0 amide bonds. The van der Waals surface area contributed by atoms with Crippen LogP contribution in [0.1, 0.15) is 25.7 Å². The van der Waals surface area contributed by atoms with Gasteiger partial charge in [-0.15, -0.1) is 0 Å². The van der Waals surface area contributed by atoms with Crippen LogP contribution in [0.15, 0.2) is 0 Å². The Balaban J connectivity index is 1.55. The monoisotopic (exact) mass is 166 g/mol. The average Bonchev–Trinajstić information content (AvgIpc) is 2.23. The van der Waals surface area contributed by atoms with Crippen molar-refractivity contribution < 1.29 is 0 Å². The van der Waals surface area contributed by atoms with E-state index in [1.807, 2.05) is 0 Å². The van der Waals surface area contributed by atoms with Gasteiger partial charge in [0.05, 0.1) is 0 Å². The van der Waals surface area contributed by atoms with Gasteiger partial charge in [-0.1, -0.05) is 0 Å². The van der Waals surface area contributed by atoms with E-state index in [0.29, 0.717) is 5.54 Å². The molecule has 68 valence electrons. The predicted molar refractivity (Wildman–Crippen MR) is 49.1 cm³/mol. The van der Waals surface area contributed by atoms with Crippen molar-refractivity contribution in [3.63, 3.8) is 0 Å². The molecule has 0 aromatic rings. The van der Waals surface area contributed by atoms with Gasteiger partial charge in [0, 0.05) is 18.1 Å². The number of rotatable bonds is 2. The van der Waals surface area contributed by atoms with E-state index < -0.39 is 0 Å². The van der Waals surface area contributed by atoms with Gasteiger partial charge in [0.2, 0.25) is 0 Å². The first-order chi connectivity index (χ1) is 5.76. The fraction of sp³-hybridized carbons (Fsp3) is 1.00. The van der Waals surface area contributed by atoms with Crippen LogP contribution in [-0.2, 0) is 0 Å². The minimum atomic E-state index is 0.639. The van der Waals surface area contributed by atoms with Crippen LogP contribution in [0.4, 0.5) is 0 Å². The van der Waals surface area contributed by atoms with Crippen molar-refractivity contribution in [3.05, 3.63) is 0 Å². The Morgan fingerprint density at radius 2 is 2.08 bits per heavy atom. The summed E-state index contributed by atoms with van der Waals surface area (Å²) in [5, 5.41) is 3.85. The second kappa shape index (κ2) is 2.24. The van der Waals surface area contributed by atoms with Crippen molar-refractivity contribution in [2.75, 3.05) is 20.1 Å². The maximum absolute atomic E-state index is 3.85. The van der Waals surface area contributed by atoms with Crippen LogP contribution in [-0.4, -0.2) is 36.6 Å². The van der Waals surface area contributed by atoms with Crippen LogP contribution in [0.3, 0.4) is 0 Å². The lowest BCUT2D eigenvalue weighted by molar-refractivity contribution is -0.0578. The fourth-order valence-electron chi connectivity index (χ4n) is 3.14. The second-order valence-corrected chi connectivity index (χ2v) is 5.15. The van der Waals surface area contributed by atoms with Gasteiger partial charge < -0.3 is 10.2 Å². The molecule has 0 radical (unpaired) electrons. The number of hydrogen-bond donors (Lipinski definition) is 1. The van der Waals surface area contributed by atoms with Crippen molar-refractivity contribution in [2.24, 2.45) is 5.92 Å². The molecular formula is C10H18N2. The third-order valence-electron chi connectivity index (χ3n) is 3.94. The molecule has 1 heterocycles. The lowest BCUT2D eigenvalue weighted by Gasteiger charge is -2.63. The zero-order valence-electron chi connectivity index (χ0n) is 7.84. The minimum Gasteiger partial charge on any atom is -0.307 e. The van der Waals surface area contributed by atoms with Crippen LogP contribution in [0, 0.1) is 5.92 Å². The molecule has 1 unspecified atom stereocenters. The average molecular weight is 166 g/mol. The number of likely N-dealkylation sites (N-methyl/N-ethyl adjacent to an activating group) is 1. The van der Waals surface area contributed by atoms with E-state index in [1.165, 1.54) is 38.8 Å². The van der Waals surface area contributed by atoms with Crippen LogP contribution in [0.2, 0.25) is 0 Å². The van der Waals surface area contributed by atoms with E-state index in [1.54, 1.807) is 0 Å². The highest BCUT2D eigenvalue weighted by Gasteiger charge is 2.57. The SMILES string of the molecule is CN1CCC(NC23CC(C2)C3)C1. The van der Waals surface area contributed by atoms with Crippen molar-refractivity contribution >= 4 is 0 Å². The molecule has 1 atom stereocenters. The van der Waals surface area contributed by atoms with Crippen molar-refractivity contribution in [1.82, 2.24) is 10.2 Å². The quantitative estimate of drug-likeness (QED) is 0.654. The topological polar surface area (TPSA) is 15.3 Å². The summed E-state index contributed by atoms with van der Waals surface area (Å²) in [5.41, 5.74) is 0.639. The highest BCUT2D eigenvalue weighted by Crippen LogP contribution is 2.57. The maximum atomic E-state index is 3.85. The number of likely N-dealkylation sites (tertiary alicyclic amines) is 1. The molecule has 1 N–H and O–H groups in total. The molecule has 0 aromatic carbocycles. The third kappa shape index (κ3) is 0.944. The van der Waals surface area contributed by atoms with Gasteiger partial charge in [0.25, 0.3) is 0 Å². The summed E-state index contributed by atoms with van der Waals surface area (Å²) in [6.07, 6.45) is 5.80. The van der Waals surface area contributed by atoms with Crippen molar-refractivity contribution in [2.45, 2.75) is 37.3 Å². The molecule has 4 fully saturated rings. The third-order valence-corrected chi connectivity index (χ3v) is 3.94. The summed E-state index contributed by atoms with van der Waals surface area (Å²) in [6.45, 7) is 2.56. The lowest BCUT2D eigenvalue weighted by atomic mass is 9.49. The van der Waals surface area contributed by atoms with E-state index in [2.05, 4.69) is 17.3 Å². The highest BCUT2D eigenvalue weighted by atomic mass is 15.2.